The van der Waals surface area contributed by atoms with Gasteiger partial charge in [0.2, 0.25) is 0 Å². The molecule has 112 valence electrons. The van der Waals surface area contributed by atoms with E-state index in [1.54, 1.807) is 6.07 Å². The summed E-state index contributed by atoms with van der Waals surface area (Å²) in [7, 11) is 5.88. The maximum absolute atomic E-state index is 14.4. The molecule has 1 unspecified atom stereocenters. The average molecular weight is 286 g/mol. The van der Waals surface area contributed by atoms with Crippen molar-refractivity contribution in [2.24, 2.45) is 0 Å². The molecule has 0 aromatic heterocycles. The van der Waals surface area contributed by atoms with Gasteiger partial charge in [-0.2, -0.15) is 0 Å². The van der Waals surface area contributed by atoms with Crippen molar-refractivity contribution in [3.8, 4) is 0 Å². The summed E-state index contributed by atoms with van der Waals surface area (Å²) in [5, 5.41) is 3.23. The number of hydrogen-bond donors (Lipinski definition) is 1. The van der Waals surface area contributed by atoms with E-state index in [-0.39, 0.29) is 11.9 Å². The molecule has 21 heavy (non-hydrogen) atoms. The normalized spacial score (nSPS) is 12.3. The first kappa shape index (κ1) is 15.5. The molecule has 2 rings (SSSR count). The first-order valence-corrected chi connectivity index (χ1v) is 7.15. The zero-order valence-electron chi connectivity index (χ0n) is 13.4. The molecule has 0 bridgehead atoms. The van der Waals surface area contributed by atoms with Crippen LogP contribution in [0.1, 0.15) is 28.3 Å². The van der Waals surface area contributed by atoms with Crippen LogP contribution in [0.4, 0.5) is 10.1 Å². The Labute approximate surface area is 126 Å². The van der Waals surface area contributed by atoms with E-state index in [2.05, 4.69) is 34.5 Å². The lowest BCUT2D eigenvalue weighted by atomic mass is 9.93. The molecule has 3 heteroatoms. The predicted octanol–water partition coefficient (Wildman–Crippen LogP) is 3.82. The van der Waals surface area contributed by atoms with Gasteiger partial charge in [0.15, 0.2) is 0 Å². The summed E-state index contributed by atoms with van der Waals surface area (Å²) in [6.45, 7) is 3.88. The number of nitrogens with zero attached hydrogens (tertiary/aromatic N) is 1. The van der Waals surface area contributed by atoms with Crippen molar-refractivity contribution in [1.29, 1.82) is 0 Å². The van der Waals surface area contributed by atoms with E-state index in [1.165, 1.54) is 0 Å². The molecular weight excluding hydrogens is 263 g/mol. The highest BCUT2D eigenvalue weighted by Gasteiger charge is 2.19. The van der Waals surface area contributed by atoms with Gasteiger partial charge in [0.05, 0.1) is 6.04 Å². The maximum Gasteiger partial charge on any atom is 0.128 e. The summed E-state index contributed by atoms with van der Waals surface area (Å²) in [5.41, 5.74) is 4.85. The van der Waals surface area contributed by atoms with E-state index in [4.69, 9.17) is 0 Å². The summed E-state index contributed by atoms with van der Waals surface area (Å²) in [4.78, 5) is 2.05. The van der Waals surface area contributed by atoms with Crippen molar-refractivity contribution in [1.82, 2.24) is 5.32 Å². The Morgan fingerprint density at radius 1 is 1.05 bits per heavy atom. The van der Waals surface area contributed by atoms with Gasteiger partial charge in [-0.3, -0.25) is 0 Å². The van der Waals surface area contributed by atoms with Crippen LogP contribution in [0.25, 0.3) is 0 Å². The number of halogens is 1. The molecule has 0 amide bonds. The van der Waals surface area contributed by atoms with Crippen LogP contribution in [0.5, 0.6) is 0 Å². The Hall–Kier alpha value is -1.87. The van der Waals surface area contributed by atoms with E-state index >= 15 is 0 Å². The number of aryl methyl sites for hydroxylation is 2. The van der Waals surface area contributed by atoms with Crippen LogP contribution >= 0.6 is 0 Å². The van der Waals surface area contributed by atoms with Gasteiger partial charge in [-0.15, -0.1) is 0 Å². The summed E-state index contributed by atoms with van der Waals surface area (Å²) in [5.74, 6) is -0.150. The minimum Gasteiger partial charge on any atom is -0.378 e. The van der Waals surface area contributed by atoms with Crippen LogP contribution in [-0.4, -0.2) is 21.1 Å². The van der Waals surface area contributed by atoms with Crippen LogP contribution in [0.15, 0.2) is 36.4 Å². The molecule has 1 atom stereocenters. The molecule has 0 radical (unpaired) electrons. The summed E-state index contributed by atoms with van der Waals surface area (Å²) in [6.07, 6.45) is 0. The first-order valence-electron chi connectivity index (χ1n) is 7.15. The Bertz CT molecular complexity index is 595. The number of benzene rings is 2. The van der Waals surface area contributed by atoms with Gasteiger partial charge in [-0.1, -0.05) is 18.2 Å². The molecule has 0 saturated heterocycles. The lowest BCUT2D eigenvalue weighted by Crippen LogP contribution is -2.20. The quantitative estimate of drug-likeness (QED) is 0.919. The van der Waals surface area contributed by atoms with Crippen molar-refractivity contribution in [3.05, 3.63) is 64.5 Å². The highest BCUT2D eigenvalue weighted by molar-refractivity contribution is 5.48. The fourth-order valence-corrected chi connectivity index (χ4v) is 2.74. The highest BCUT2D eigenvalue weighted by Crippen LogP contribution is 2.29. The molecule has 0 saturated carbocycles. The van der Waals surface area contributed by atoms with Crippen molar-refractivity contribution in [2.75, 3.05) is 26.0 Å². The molecule has 0 aliphatic heterocycles. The molecule has 0 fully saturated rings. The Morgan fingerprint density at radius 3 is 2.14 bits per heavy atom. The summed E-state index contributed by atoms with van der Waals surface area (Å²) in [6, 6.07) is 11.7. The van der Waals surface area contributed by atoms with Gasteiger partial charge < -0.3 is 10.2 Å². The highest BCUT2D eigenvalue weighted by atomic mass is 19.1. The monoisotopic (exact) mass is 286 g/mol. The van der Waals surface area contributed by atoms with Crippen LogP contribution in [-0.2, 0) is 0 Å². The third-order valence-electron chi connectivity index (χ3n) is 3.80. The second kappa shape index (κ2) is 6.27. The molecule has 0 heterocycles. The average Bonchev–Trinajstić information content (AvgIpc) is 2.42. The molecule has 0 spiro atoms. The Kier molecular flexibility index (Phi) is 4.63. The molecule has 2 aromatic carbocycles. The minimum atomic E-state index is -0.150. The SMILES string of the molecule is CNC(c1ccc(N(C)C)cc1)c1c(C)cc(C)cc1F. The van der Waals surface area contributed by atoms with E-state index in [1.807, 2.05) is 41.1 Å². The summed E-state index contributed by atoms with van der Waals surface area (Å²) >= 11 is 0. The first-order chi connectivity index (χ1) is 9.93. The van der Waals surface area contributed by atoms with Crippen molar-refractivity contribution >= 4 is 5.69 Å². The zero-order chi connectivity index (χ0) is 15.6. The molecule has 2 aromatic rings. The second-order valence-corrected chi connectivity index (χ2v) is 5.68. The third-order valence-corrected chi connectivity index (χ3v) is 3.80. The van der Waals surface area contributed by atoms with E-state index < -0.39 is 0 Å². The summed E-state index contributed by atoms with van der Waals surface area (Å²) < 4.78 is 14.4. The fraction of sp³-hybridized carbons (Fsp3) is 0.333. The van der Waals surface area contributed by atoms with Crippen LogP contribution in [0, 0.1) is 19.7 Å². The van der Waals surface area contributed by atoms with Crippen molar-refractivity contribution in [2.45, 2.75) is 19.9 Å². The van der Waals surface area contributed by atoms with Gasteiger partial charge >= 0.3 is 0 Å². The number of rotatable bonds is 4. The van der Waals surface area contributed by atoms with Gasteiger partial charge in [-0.05, 0) is 55.8 Å². The van der Waals surface area contributed by atoms with Crippen molar-refractivity contribution in [3.63, 3.8) is 0 Å². The predicted molar refractivity (Wildman–Crippen MR) is 87.5 cm³/mol. The van der Waals surface area contributed by atoms with Crippen LogP contribution < -0.4 is 10.2 Å². The minimum absolute atomic E-state index is 0.137. The zero-order valence-corrected chi connectivity index (χ0v) is 13.4. The van der Waals surface area contributed by atoms with Gasteiger partial charge in [0, 0.05) is 25.3 Å². The lowest BCUT2D eigenvalue weighted by molar-refractivity contribution is 0.572. The molecule has 0 aliphatic rings. The van der Waals surface area contributed by atoms with E-state index in [0.717, 1.165) is 27.9 Å². The third kappa shape index (κ3) is 3.24. The topological polar surface area (TPSA) is 15.3 Å². The standard InChI is InChI=1S/C18H23FN2/c1-12-10-13(2)17(16(19)11-12)18(20-3)14-6-8-15(9-7-14)21(4)5/h6-11,18,20H,1-5H3. The number of hydrogen-bond acceptors (Lipinski definition) is 2. The molecule has 2 nitrogen and oxygen atoms in total. The maximum atomic E-state index is 14.4. The van der Waals surface area contributed by atoms with Gasteiger partial charge in [-0.25, -0.2) is 4.39 Å². The molecule has 0 aliphatic carbocycles. The fourth-order valence-electron chi connectivity index (χ4n) is 2.74. The van der Waals surface area contributed by atoms with Crippen LogP contribution in [0.3, 0.4) is 0 Å². The Morgan fingerprint density at radius 2 is 1.67 bits per heavy atom. The van der Waals surface area contributed by atoms with Crippen LogP contribution in [0.2, 0.25) is 0 Å². The Balaban J connectivity index is 2.45. The van der Waals surface area contributed by atoms with E-state index in [9.17, 15) is 4.39 Å². The van der Waals surface area contributed by atoms with Crippen molar-refractivity contribution < 1.29 is 4.39 Å². The molecular formula is C18H23FN2. The lowest BCUT2D eigenvalue weighted by Gasteiger charge is -2.22. The van der Waals surface area contributed by atoms with Gasteiger partial charge in [0.1, 0.15) is 5.82 Å². The smallest absolute Gasteiger partial charge is 0.128 e. The molecule has 1 N–H and O–H groups in total. The van der Waals surface area contributed by atoms with E-state index in [0.29, 0.717) is 0 Å². The second-order valence-electron chi connectivity index (χ2n) is 5.68. The number of nitrogens with one attached hydrogen (secondary N) is 1. The number of anilines is 1. The largest absolute Gasteiger partial charge is 0.378 e. The van der Waals surface area contributed by atoms with Gasteiger partial charge in [0.25, 0.3) is 0 Å².